The highest BCUT2D eigenvalue weighted by Gasteiger charge is 2.21. The van der Waals surface area contributed by atoms with Gasteiger partial charge in [0.05, 0.1) is 4.47 Å². The number of rotatable bonds is 4. The van der Waals surface area contributed by atoms with Gasteiger partial charge in [-0.3, -0.25) is 0 Å². The molecule has 112 valence electrons. The minimum Gasteiger partial charge on any atom is -0.454 e. The summed E-state index contributed by atoms with van der Waals surface area (Å²) in [4.78, 5) is 4.62. The Morgan fingerprint density at radius 3 is 2.95 bits per heavy atom. The number of unbranched alkanes of at least 4 members (excludes halogenated alkanes) is 1. The smallest absolute Gasteiger partial charge is 0.231 e. The second kappa shape index (κ2) is 5.60. The zero-order valence-electron chi connectivity index (χ0n) is 12.1. The number of nitrogen functional groups attached to an aromatic ring is 1. The molecule has 0 atom stereocenters. The SMILES string of the molecule is CCCCn1c(C)nc(-c2cc(Br)c3c(c2)OCO3)c1N. The molecule has 1 aliphatic rings. The summed E-state index contributed by atoms with van der Waals surface area (Å²) in [5.74, 6) is 3.09. The van der Waals surface area contributed by atoms with Gasteiger partial charge in [-0.15, -0.1) is 0 Å². The van der Waals surface area contributed by atoms with Crippen molar-refractivity contribution >= 4 is 21.7 Å². The van der Waals surface area contributed by atoms with Crippen molar-refractivity contribution in [2.45, 2.75) is 33.2 Å². The van der Waals surface area contributed by atoms with Crippen molar-refractivity contribution in [3.63, 3.8) is 0 Å². The second-order valence-electron chi connectivity index (χ2n) is 5.09. The molecule has 0 spiro atoms. The zero-order valence-corrected chi connectivity index (χ0v) is 13.7. The Kier molecular flexibility index (Phi) is 3.80. The van der Waals surface area contributed by atoms with Gasteiger partial charge in [0.1, 0.15) is 17.3 Å². The van der Waals surface area contributed by atoms with Gasteiger partial charge in [-0.05, 0) is 41.4 Å². The van der Waals surface area contributed by atoms with Gasteiger partial charge in [-0.1, -0.05) is 13.3 Å². The molecule has 0 radical (unpaired) electrons. The van der Waals surface area contributed by atoms with E-state index in [2.05, 4.69) is 32.4 Å². The molecule has 21 heavy (non-hydrogen) atoms. The lowest BCUT2D eigenvalue weighted by molar-refractivity contribution is 0.173. The number of aromatic nitrogens is 2. The first-order chi connectivity index (χ1) is 10.1. The Morgan fingerprint density at radius 2 is 2.19 bits per heavy atom. The molecular formula is C15H18BrN3O2. The van der Waals surface area contributed by atoms with E-state index in [1.807, 2.05) is 19.1 Å². The molecule has 0 aliphatic carbocycles. The van der Waals surface area contributed by atoms with E-state index in [9.17, 15) is 0 Å². The van der Waals surface area contributed by atoms with Crippen LogP contribution >= 0.6 is 15.9 Å². The van der Waals surface area contributed by atoms with Crippen LogP contribution in [0.2, 0.25) is 0 Å². The fourth-order valence-corrected chi connectivity index (χ4v) is 3.05. The summed E-state index contributed by atoms with van der Waals surface area (Å²) in [5.41, 5.74) is 8.01. The van der Waals surface area contributed by atoms with E-state index < -0.39 is 0 Å². The number of hydrogen-bond acceptors (Lipinski definition) is 4. The molecule has 1 aromatic heterocycles. The van der Waals surface area contributed by atoms with Crippen LogP contribution in [-0.4, -0.2) is 16.3 Å². The lowest BCUT2D eigenvalue weighted by Gasteiger charge is -2.07. The van der Waals surface area contributed by atoms with Crippen molar-refractivity contribution in [3.8, 4) is 22.8 Å². The van der Waals surface area contributed by atoms with Gasteiger partial charge >= 0.3 is 0 Å². The lowest BCUT2D eigenvalue weighted by atomic mass is 10.1. The summed E-state index contributed by atoms with van der Waals surface area (Å²) in [5, 5.41) is 0. The van der Waals surface area contributed by atoms with Gasteiger partial charge < -0.3 is 19.8 Å². The first-order valence-electron chi connectivity index (χ1n) is 7.04. The number of anilines is 1. The summed E-state index contributed by atoms with van der Waals surface area (Å²) in [6, 6.07) is 3.89. The van der Waals surface area contributed by atoms with Crippen LogP contribution in [0.15, 0.2) is 16.6 Å². The molecule has 1 aromatic carbocycles. The molecule has 2 aromatic rings. The third-order valence-corrected chi connectivity index (χ3v) is 4.22. The third-order valence-electron chi connectivity index (χ3n) is 3.63. The normalized spacial score (nSPS) is 12.9. The zero-order chi connectivity index (χ0) is 15.0. The number of hydrogen-bond donors (Lipinski definition) is 1. The van der Waals surface area contributed by atoms with Crippen LogP contribution in [0, 0.1) is 6.92 Å². The maximum absolute atomic E-state index is 6.29. The molecule has 0 amide bonds. The summed E-state index contributed by atoms with van der Waals surface area (Å²) in [6.45, 7) is 5.29. The average Bonchev–Trinajstić information content (AvgIpc) is 3.03. The standard InChI is InChI=1S/C15H18BrN3O2/c1-3-4-5-19-9(2)18-13(15(19)17)10-6-11(16)14-12(7-10)20-8-21-14/h6-7H,3-5,8,17H2,1-2H3. The minimum absolute atomic E-state index is 0.247. The van der Waals surface area contributed by atoms with Gasteiger partial charge in [0.25, 0.3) is 0 Å². The van der Waals surface area contributed by atoms with Gasteiger partial charge in [0.15, 0.2) is 11.5 Å². The monoisotopic (exact) mass is 351 g/mol. The van der Waals surface area contributed by atoms with Crippen LogP contribution in [0.5, 0.6) is 11.5 Å². The fraction of sp³-hybridized carbons (Fsp3) is 0.400. The van der Waals surface area contributed by atoms with Gasteiger partial charge in [0.2, 0.25) is 6.79 Å². The van der Waals surface area contributed by atoms with Crippen molar-refractivity contribution < 1.29 is 9.47 Å². The molecule has 5 nitrogen and oxygen atoms in total. The minimum atomic E-state index is 0.247. The van der Waals surface area contributed by atoms with E-state index in [1.54, 1.807) is 0 Å². The summed E-state index contributed by atoms with van der Waals surface area (Å²) in [7, 11) is 0. The Hall–Kier alpha value is -1.69. The molecular weight excluding hydrogens is 334 g/mol. The number of aryl methyl sites for hydroxylation is 1. The maximum Gasteiger partial charge on any atom is 0.231 e. The van der Waals surface area contributed by atoms with Crippen LogP contribution in [-0.2, 0) is 6.54 Å². The topological polar surface area (TPSA) is 62.3 Å². The highest BCUT2D eigenvalue weighted by Crippen LogP contribution is 2.43. The highest BCUT2D eigenvalue weighted by atomic mass is 79.9. The van der Waals surface area contributed by atoms with Crippen LogP contribution < -0.4 is 15.2 Å². The maximum atomic E-state index is 6.29. The summed E-state index contributed by atoms with van der Waals surface area (Å²) >= 11 is 3.51. The number of fused-ring (bicyclic) bond motifs is 1. The average molecular weight is 352 g/mol. The van der Waals surface area contributed by atoms with Crippen molar-refractivity contribution in [1.29, 1.82) is 0 Å². The molecule has 2 N–H and O–H groups in total. The quantitative estimate of drug-likeness (QED) is 0.911. The van der Waals surface area contributed by atoms with Crippen LogP contribution in [0.25, 0.3) is 11.3 Å². The predicted octanol–water partition coefficient (Wildman–Crippen LogP) is 3.73. The van der Waals surface area contributed by atoms with Crippen LogP contribution in [0.3, 0.4) is 0 Å². The van der Waals surface area contributed by atoms with Crippen molar-refractivity contribution in [2.24, 2.45) is 0 Å². The Morgan fingerprint density at radius 1 is 1.38 bits per heavy atom. The van der Waals surface area contributed by atoms with Gasteiger partial charge in [0, 0.05) is 12.1 Å². The number of nitrogens with zero attached hydrogens (tertiary/aromatic N) is 2. The van der Waals surface area contributed by atoms with E-state index in [-0.39, 0.29) is 6.79 Å². The number of imidazole rings is 1. The van der Waals surface area contributed by atoms with Crippen LogP contribution in [0.1, 0.15) is 25.6 Å². The van der Waals surface area contributed by atoms with E-state index in [4.69, 9.17) is 15.2 Å². The third kappa shape index (κ3) is 2.48. The Labute approximate surface area is 132 Å². The number of ether oxygens (including phenoxy) is 2. The van der Waals surface area contributed by atoms with Gasteiger partial charge in [-0.25, -0.2) is 4.98 Å². The molecule has 0 fully saturated rings. The summed E-state index contributed by atoms with van der Waals surface area (Å²) < 4.78 is 13.8. The Bertz CT molecular complexity index is 682. The number of benzene rings is 1. The molecule has 0 saturated carbocycles. The van der Waals surface area contributed by atoms with Crippen molar-refractivity contribution in [3.05, 3.63) is 22.4 Å². The predicted molar refractivity (Wildman–Crippen MR) is 85.5 cm³/mol. The van der Waals surface area contributed by atoms with E-state index in [1.165, 1.54) is 0 Å². The molecule has 0 bridgehead atoms. The van der Waals surface area contributed by atoms with Crippen molar-refractivity contribution in [2.75, 3.05) is 12.5 Å². The molecule has 0 unspecified atom stereocenters. The Balaban J connectivity index is 2.03. The lowest BCUT2D eigenvalue weighted by Crippen LogP contribution is -2.04. The van der Waals surface area contributed by atoms with E-state index >= 15 is 0 Å². The largest absolute Gasteiger partial charge is 0.454 e. The fourth-order valence-electron chi connectivity index (χ4n) is 2.50. The molecule has 1 aliphatic heterocycles. The number of nitrogens with two attached hydrogens (primary N) is 1. The molecule has 0 saturated heterocycles. The molecule has 3 rings (SSSR count). The van der Waals surface area contributed by atoms with E-state index in [0.717, 1.165) is 52.4 Å². The van der Waals surface area contributed by atoms with Crippen molar-refractivity contribution in [1.82, 2.24) is 9.55 Å². The first kappa shape index (κ1) is 14.3. The summed E-state index contributed by atoms with van der Waals surface area (Å²) in [6.07, 6.45) is 2.22. The highest BCUT2D eigenvalue weighted by molar-refractivity contribution is 9.10. The van der Waals surface area contributed by atoms with E-state index in [0.29, 0.717) is 5.82 Å². The number of halogens is 1. The molecule has 6 heteroatoms. The first-order valence-corrected chi connectivity index (χ1v) is 7.83. The second-order valence-corrected chi connectivity index (χ2v) is 5.94. The molecule has 2 heterocycles. The van der Waals surface area contributed by atoms with Crippen LogP contribution in [0.4, 0.5) is 5.82 Å². The van der Waals surface area contributed by atoms with Gasteiger partial charge in [-0.2, -0.15) is 0 Å².